The summed E-state index contributed by atoms with van der Waals surface area (Å²) in [5.41, 5.74) is 0. The van der Waals surface area contributed by atoms with Crippen LogP contribution in [0.3, 0.4) is 0 Å². The van der Waals surface area contributed by atoms with Crippen molar-refractivity contribution in [2.24, 2.45) is 5.92 Å². The number of alkyl halides is 3. The van der Waals surface area contributed by atoms with Crippen LogP contribution >= 0.6 is 0 Å². The van der Waals surface area contributed by atoms with Crippen LogP contribution in [-0.2, 0) is 4.74 Å². The average Bonchev–Trinajstić information content (AvgIpc) is 2.48. The van der Waals surface area contributed by atoms with Crippen molar-refractivity contribution in [3.8, 4) is 0 Å². The highest BCUT2D eigenvalue weighted by Gasteiger charge is 2.59. The lowest BCUT2D eigenvalue weighted by Gasteiger charge is -2.39. The summed E-state index contributed by atoms with van der Waals surface area (Å²) in [5, 5.41) is 9.31. The van der Waals surface area contributed by atoms with Gasteiger partial charge in [0.1, 0.15) is 0 Å². The highest BCUT2D eigenvalue weighted by atomic mass is 19.4. The molecule has 0 aromatic heterocycles. The van der Waals surface area contributed by atoms with Crippen LogP contribution in [0.1, 0.15) is 32.1 Å². The summed E-state index contributed by atoms with van der Waals surface area (Å²) in [5.74, 6) is -2.67. The van der Waals surface area contributed by atoms with Crippen LogP contribution in [0.5, 0.6) is 0 Å². The van der Waals surface area contributed by atoms with Crippen LogP contribution in [0.15, 0.2) is 0 Å². The van der Waals surface area contributed by atoms with Crippen LogP contribution in [0.2, 0.25) is 0 Å². The van der Waals surface area contributed by atoms with Gasteiger partial charge in [0.05, 0.1) is 6.10 Å². The van der Waals surface area contributed by atoms with Crippen LogP contribution in [0.25, 0.3) is 0 Å². The molecule has 1 aliphatic carbocycles. The molecule has 0 aromatic rings. The fraction of sp³-hybridized carbons (Fsp3) is 1.00. The van der Waals surface area contributed by atoms with Crippen LogP contribution in [0.4, 0.5) is 13.2 Å². The van der Waals surface area contributed by atoms with Gasteiger partial charge in [-0.1, -0.05) is 6.42 Å². The molecule has 82 valence electrons. The molecule has 1 saturated heterocycles. The van der Waals surface area contributed by atoms with Gasteiger partial charge in [0, 0.05) is 6.42 Å². The summed E-state index contributed by atoms with van der Waals surface area (Å²) in [7, 11) is 0. The lowest BCUT2D eigenvalue weighted by Crippen LogP contribution is -2.53. The van der Waals surface area contributed by atoms with E-state index < -0.39 is 18.1 Å². The average molecular weight is 210 g/mol. The monoisotopic (exact) mass is 210 g/mol. The molecule has 1 unspecified atom stereocenters. The fourth-order valence-corrected chi connectivity index (χ4v) is 2.39. The Morgan fingerprint density at radius 1 is 1.21 bits per heavy atom. The molecule has 2 aliphatic rings. The summed E-state index contributed by atoms with van der Waals surface area (Å²) in [6.07, 6.45) is -2.49. The Labute approximate surface area is 80.1 Å². The summed E-state index contributed by atoms with van der Waals surface area (Å²) in [6, 6.07) is 0. The zero-order valence-electron chi connectivity index (χ0n) is 7.68. The summed E-state index contributed by atoms with van der Waals surface area (Å²) in [4.78, 5) is 0. The van der Waals surface area contributed by atoms with Gasteiger partial charge in [-0.25, -0.2) is 0 Å². The van der Waals surface area contributed by atoms with E-state index in [0.717, 1.165) is 12.8 Å². The predicted octanol–water partition coefficient (Wildman–Crippen LogP) is 2.22. The number of hydrogen-bond acceptors (Lipinski definition) is 2. The summed E-state index contributed by atoms with van der Waals surface area (Å²) in [6.45, 7) is 0. The Morgan fingerprint density at radius 3 is 2.57 bits per heavy atom. The molecule has 2 nitrogen and oxygen atoms in total. The van der Waals surface area contributed by atoms with Gasteiger partial charge in [0.25, 0.3) is 5.79 Å². The molecule has 14 heavy (non-hydrogen) atoms. The number of aliphatic hydroxyl groups is 1. The molecule has 3 atom stereocenters. The van der Waals surface area contributed by atoms with Crippen molar-refractivity contribution in [2.45, 2.75) is 50.2 Å². The van der Waals surface area contributed by atoms with E-state index in [1.807, 2.05) is 0 Å². The molecule has 1 saturated carbocycles. The van der Waals surface area contributed by atoms with E-state index in [9.17, 15) is 18.3 Å². The minimum Gasteiger partial charge on any atom is -0.359 e. The maximum atomic E-state index is 12.4. The molecule has 2 rings (SSSR count). The number of rotatable bonds is 0. The van der Waals surface area contributed by atoms with E-state index in [1.54, 1.807) is 0 Å². The van der Waals surface area contributed by atoms with Crippen LogP contribution < -0.4 is 0 Å². The van der Waals surface area contributed by atoms with Crippen LogP contribution in [-0.4, -0.2) is 23.2 Å². The van der Waals surface area contributed by atoms with Crippen molar-refractivity contribution >= 4 is 0 Å². The number of ether oxygens (including phenoxy) is 1. The van der Waals surface area contributed by atoms with Gasteiger partial charge in [0.2, 0.25) is 0 Å². The second kappa shape index (κ2) is 3.10. The van der Waals surface area contributed by atoms with Crippen molar-refractivity contribution in [1.29, 1.82) is 0 Å². The maximum Gasteiger partial charge on any atom is 0.443 e. The molecule has 1 N–H and O–H groups in total. The van der Waals surface area contributed by atoms with Gasteiger partial charge in [-0.15, -0.1) is 0 Å². The van der Waals surface area contributed by atoms with E-state index in [1.165, 1.54) is 0 Å². The van der Waals surface area contributed by atoms with Gasteiger partial charge in [0.15, 0.2) is 0 Å². The number of hydrogen-bond donors (Lipinski definition) is 1. The molecule has 0 radical (unpaired) electrons. The minimum atomic E-state index is -4.67. The second-order valence-electron chi connectivity index (χ2n) is 4.17. The highest BCUT2D eigenvalue weighted by Crippen LogP contribution is 2.46. The third-order valence-electron chi connectivity index (χ3n) is 3.23. The number of fused-ring (bicyclic) bond motifs is 1. The first kappa shape index (κ1) is 10.2. The summed E-state index contributed by atoms with van der Waals surface area (Å²) >= 11 is 0. The molecule has 0 spiro atoms. The molecule has 0 aromatic carbocycles. The minimum absolute atomic E-state index is 0.220. The molecule has 1 aliphatic heterocycles. The molecule has 1 heterocycles. The van der Waals surface area contributed by atoms with Gasteiger partial charge in [-0.2, -0.15) is 13.2 Å². The van der Waals surface area contributed by atoms with E-state index in [0.29, 0.717) is 12.8 Å². The Kier molecular flexibility index (Phi) is 2.27. The van der Waals surface area contributed by atoms with Crippen molar-refractivity contribution in [3.05, 3.63) is 0 Å². The molecule has 5 heteroatoms. The van der Waals surface area contributed by atoms with E-state index >= 15 is 0 Å². The van der Waals surface area contributed by atoms with Gasteiger partial charge >= 0.3 is 6.18 Å². The Bertz CT molecular complexity index is 229. The summed E-state index contributed by atoms with van der Waals surface area (Å²) < 4.78 is 42.0. The zero-order chi connectivity index (χ0) is 10.4. The van der Waals surface area contributed by atoms with Crippen molar-refractivity contribution < 1.29 is 23.0 Å². The van der Waals surface area contributed by atoms with Crippen LogP contribution in [0, 0.1) is 5.92 Å². The lowest BCUT2D eigenvalue weighted by molar-refractivity contribution is -0.393. The topological polar surface area (TPSA) is 29.5 Å². The smallest absolute Gasteiger partial charge is 0.359 e. The highest BCUT2D eigenvalue weighted by molar-refractivity contribution is 4.90. The zero-order valence-corrected chi connectivity index (χ0v) is 7.68. The van der Waals surface area contributed by atoms with Crippen molar-refractivity contribution in [2.75, 3.05) is 0 Å². The number of halogens is 3. The Morgan fingerprint density at radius 2 is 1.93 bits per heavy atom. The Balaban J connectivity index is 2.10. The first-order valence-electron chi connectivity index (χ1n) is 4.89. The van der Waals surface area contributed by atoms with Gasteiger partial charge in [-0.3, -0.25) is 0 Å². The Hall–Kier alpha value is -0.290. The lowest BCUT2D eigenvalue weighted by atomic mass is 9.92. The first-order chi connectivity index (χ1) is 6.42. The van der Waals surface area contributed by atoms with E-state index in [4.69, 9.17) is 4.74 Å². The van der Waals surface area contributed by atoms with Crippen molar-refractivity contribution in [1.82, 2.24) is 0 Å². The fourth-order valence-electron chi connectivity index (χ4n) is 2.39. The maximum absolute atomic E-state index is 12.4. The molecule has 0 bridgehead atoms. The third-order valence-corrected chi connectivity index (χ3v) is 3.23. The third kappa shape index (κ3) is 1.52. The van der Waals surface area contributed by atoms with E-state index in [2.05, 4.69) is 0 Å². The second-order valence-corrected chi connectivity index (χ2v) is 4.17. The SMILES string of the molecule is OC1(C(F)(F)F)CC[C@@H]2CCC[C@@H]2O1. The van der Waals surface area contributed by atoms with E-state index in [-0.39, 0.29) is 12.3 Å². The largest absolute Gasteiger partial charge is 0.443 e. The normalized spacial score (nSPS) is 43.7. The predicted molar refractivity (Wildman–Crippen MR) is 42.5 cm³/mol. The molecular formula is C9H13F3O2. The molecular weight excluding hydrogens is 197 g/mol. The molecule has 0 amide bonds. The van der Waals surface area contributed by atoms with Gasteiger partial charge in [-0.05, 0) is 25.2 Å². The standard InChI is InChI=1S/C9H13F3O2/c10-9(11,12)8(13)5-4-6-2-1-3-7(6)14-8/h6-7,13H,1-5H2/t6-,7-,8?/m0/s1. The molecule has 2 fully saturated rings. The first-order valence-corrected chi connectivity index (χ1v) is 4.89. The quantitative estimate of drug-likeness (QED) is 0.664. The van der Waals surface area contributed by atoms with Crippen molar-refractivity contribution in [3.63, 3.8) is 0 Å². The van der Waals surface area contributed by atoms with Gasteiger partial charge < -0.3 is 9.84 Å².